The molecule has 0 bridgehead atoms. The van der Waals surface area contributed by atoms with Crippen LogP contribution >= 0.6 is 0 Å². The smallest absolute Gasteiger partial charge is 0.0300 e. The van der Waals surface area contributed by atoms with Crippen LogP contribution < -0.4 is 5.73 Å². The molecule has 0 saturated heterocycles. The van der Waals surface area contributed by atoms with E-state index in [2.05, 4.69) is 23.0 Å². The maximum Gasteiger partial charge on any atom is 0.0300 e. The highest BCUT2D eigenvalue weighted by Crippen LogP contribution is 2.28. The zero-order valence-corrected chi connectivity index (χ0v) is 10.7. The van der Waals surface area contributed by atoms with Crippen LogP contribution in [0.4, 0.5) is 0 Å². The number of aromatic nitrogens is 1. The lowest BCUT2D eigenvalue weighted by Crippen LogP contribution is -2.38. The van der Waals surface area contributed by atoms with Crippen LogP contribution in [0.3, 0.4) is 0 Å². The van der Waals surface area contributed by atoms with Crippen LogP contribution in [0, 0.1) is 5.92 Å². The first-order valence-electron chi connectivity index (χ1n) is 6.60. The van der Waals surface area contributed by atoms with Gasteiger partial charge in [-0.15, -0.1) is 0 Å². The van der Waals surface area contributed by atoms with Gasteiger partial charge in [0.05, 0.1) is 0 Å². The molecule has 2 atom stereocenters. The average molecular weight is 233 g/mol. The fraction of sp³-hybridized carbons (Fsp3) is 0.643. The number of nitrogens with zero attached hydrogens (tertiary/aromatic N) is 2. The Balaban J connectivity index is 1.83. The molecule has 17 heavy (non-hydrogen) atoms. The number of nitrogens with two attached hydrogens (primary N) is 1. The van der Waals surface area contributed by atoms with Crippen molar-refractivity contribution in [1.29, 1.82) is 0 Å². The van der Waals surface area contributed by atoms with Crippen LogP contribution in [0.15, 0.2) is 24.5 Å². The van der Waals surface area contributed by atoms with Crippen LogP contribution in [-0.4, -0.2) is 36.1 Å². The van der Waals surface area contributed by atoms with Crippen LogP contribution in [0.5, 0.6) is 0 Å². The lowest BCUT2D eigenvalue weighted by Gasteiger charge is -2.29. The fourth-order valence-electron chi connectivity index (χ4n) is 2.89. The predicted octanol–water partition coefficient (Wildman–Crippen LogP) is 1.68. The lowest BCUT2D eigenvalue weighted by atomic mass is 10.0. The van der Waals surface area contributed by atoms with Gasteiger partial charge in [0.15, 0.2) is 0 Å². The summed E-state index contributed by atoms with van der Waals surface area (Å²) in [6, 6.07) is 4.85. The summed E-state index contributed by atoms with van der Waals surface area (Å²) in [7, 11) is 2.23. The molecule has 1 saturated carbocycles. The Bertz CT molecular complexity index is 325. The molecule has 1 aliphatic rings. The molecule has 0 aromatic carbocycles. The number of hydrogen-bond donors (Lipinski definition) is 1. The van der Waals surface area contributed by atoms with Gasteiger partial charge in [0, 0.05) is 25.0 Å². The van der Waals surface area contributed by atoms with Crippen LogP contribution in [0.2, 0.25) is 0 Å². The minimum Gasteiger partial charge on any atom is -0.330 e. The van der Waals surface area contributed by atoms with Gasteiger partial charge in [-0.25, -0.2) is 0 Å². The maximum absolute atomic E-state index is 5.83. The molecule has 2 rings (SSSR count). The Kier molecular flexibility index (Phi) is 4.51. The van der Waals surface area contributed by atoms with E-state index >= 15 is 0 Å². The Morgan fingerprint density at radius 1 is 1.47 bits per heavy atom. The van der Waals surface area contributed by atoms with Crippen LogP contribution in [0.1, 0.15) is 24.8 Å². The average Bonchev–Trinajstić information content (AvgIpc) is 2.85. The van der Waals surface area contributed by atoms with Gasteiger partial charge in [-0.3, -0.25) is 4.98 Å². The predicted molar refractivity (Wildman–Crippen MR) is 70.8 cm³/mol. The quantitative estimate of drug-likeness (QED) is 0.841. The molecule has 2 unspecified atom stereocenters. The third-order valence-electron chi connectivity index (χ3n) is 3.96. The molecule has 1 aliphatic carbocycles. The van der Waals surface area contributed by atoms with Crippen molar-refractivity contribution in [2.45, 2.75) is 31.7 Å². The van der Waals surface area contributed by atoms with Gasteiger partial charge >= 0.3 is 0 Å². The highest BCUT2D eigenvalue weighted by molar-refractivity contribution is 5.08. The van der Waals surface area contributed by atoms with Crippen molar-refractivity contribution < 1.29 is 0 Å². The molecule has 2 N–H and O–H groups in total. The largest absolute Gasteiger partial charge is 0.330 e. The Morgan fingerprint density at radius 2 is 2.35 bits per heavy atom. The Morgan fingerprint density at radius 3 is 3.06 bits per heavy atom. The summed E-state index contributed by atoms with van der Waals surface area (Å²) in [4.78, 5) is 6.64. The molecular weight excluding hydrogens is 210 g/mol. The molecule has 94 valence electrons. The number of hydrogen-bond acceptors (Lipinski definition) is 3. The maximum atomic E-state index is 5.83. The third-order valence-corrected chi connectivity index (χ3v) is 3.96. The zero-order chi connectivity index (χ0) is 12.1. The van der Waals surface area contributed by atoms with Crippen LogP contribution in [-0.2, 0) is 6.42 Å². The second-order valence-electron chi connectivity index (χ2n) is 5.09. The summed E-state index contributed by atoms with van der Waals surface area (Å²) in [5.74, 6) is 0.703. The van der Waals surface area contributed by atoms with Gasteiger partial charge < -0.3 is 10.6 Å². The van der Waals surface area contributed by atoms with Gasteiger partial charge in [0.2, 0.25) is 0 Å². The van der Waals surface area contributed by atoms with Crippen molar-refractivity contribution in [2.75, 3.05) is 20.1 Å². The van der Waals surface area contributed by atoms with E-state index in [0.29, 0.717) is 12.0 Å². The molecule has 0 aliphatic heterocycles. The molecule has 1 aromatic rings. The normalized spacial score (nSPS) is 24.4. The van der Waals surface area contributed by atoms with Crippen molar-refractivity contribution in [3.63, 3.8) is 0 Å². The summed E-state index contributed by atoms with van der Waals surface area (Å²) in [5.41, 5.74) is 7.15. The molecule has 1 aromatic heterocycles. The highest BCUT2D eigenvalue weighted by atomic mass is 15.1. The molecule has 3 nitrogen and oxygen atoms in total. The van der Waals surface area contributed by atoms with Crippen molar-refractivity contribution >= 4 is 0 Å². The first-order valence-corrected chi connectivity index (χ1v) is 6.60. The number of rotatable bonds is 5. The summed E-state index contributed by atoms with van der Waals surface area (Å²) < 4.78 is 0. The zero-order valence-electron chi connectivity index (χ0n) is 10.7. The second-order valence-corrected chi connectivity index (χ2v) is 5.09. The molecule has 1 heterocycles. The highest BCUT2D eigenvalue weighted by Gasteiger charge is 2.28. The summed E-state index contributed by atoms with van der Waals surface area (Å²) in [6.07, 6.45) is 8.82. The van der Waals surface area contributed by atoms with Gasteiger partial charge in [0.1, 0.15) is 0 Å². The van der Waals surface area contributed by atoms with Gasteiger partial charge in [-0.05, 0) is 50.4 Å². The topological polar surface area (TPSA) is 42.2 Å². The first kappa shape index (κ1) is 12.5. The van der Waals surface area contributed by atoms with E-state index in [0.717, 1.165) is 19.5 Å². The molecule has 1 fully saturated rings. The van der Waals surface area contributed by atoms with E-state index < -0.39 is 0 Å². The number of pyridine rings is 1. The van der Waals surface area contributed by atoms with E-state index in [-0.39, 0.29) is 0 Å². The van der Waals surface area contributed by atoms with Crippen molar-refractivity contribution in [3.8, 4) is 0 Å². The summed E-state index contributed by atoms with van der Waals surface area (Å²) >= 11 is 0. The van der Waals surface area contributed by atoms with Gasteiger partial charge in [-0.2, -0.15) is 0 Å². The minimum atomic E-state index is 0.691. The Hall–Kier alpha value is -0.930. The fourth-order valence-corrected chi connectivity index (χ4v) is 2.89. The lowest BCUT2D eigenvalue weighted by molar-refractivity contribution is 0.202. The SMILES string of the molecule is CN(CCc1cccnc1)C1CCCC1CN. The summed E-state index contributed by atoms with van der Waals surface area (Å²) in [6.45, 7) is 1.94. The van der Waals surface area contributed by atoms with Crippen molar-refractivity contribution in [2.24, 2.45) is 11.7 Å². The number of likely N-dealkylation sites (N-methyl/N-ethyl adjacent to an activating group) is 1. The summed E-state index contributed by atoms with van der Waals surface area (Å²) in [5, 5.41) is 0. The minimum absolute atomic E-state index is 0.691. The van der Waals surface area contributed by atoms with Crippen LogP contribution in [0.25, 0.3) is 0 Å². The van der Waals surface area contributed by atoms with Crippen molar-refractivity contribution in [3.05, 3.63) is 30.1 Å². The second kappa shape index (κ2) is 6.12. The van der Waals surface area contributed by atoms with Gasteiger partial charge in [-0.1, -0.05) is 12.5 Å². The molecule has 0 amide bonds. The van der Waals surface area contributed by atoms with Gasteiger partial charge in [0.25, 0.3) is 0 Å². The van der Waals surface area contributed by atoms with E-state index in [4.69, 9.17) is 5.73 Å². The molecular formula is C14H23N3. The monoisotopic (exact) mass is 233 g/mol. The molecule has 0 radical (unpaired) electrons. The van der Waals surface area contributed by atoms with E-state index in [9.17, 15) is 0 Å². The Labute approximate surface area is 104 Å². The van der Waals surface area contributed by atoms with E-state index in [1.54, 1.807) is 0 Å². The standard InChI is InChI=1S/C14H23N3/c1-17(14-6-2-5-13(14)10-15)9-7-12-4-3-8-16-11-12/h3-4,8,11,13-14H,2,5-7,9-10,15H2,1H3. The molecule has 3 heteroatoms. The van der Waals surface area contributed by atoms with E-state index in [1.807, 2.05) is 18.5 Å². The van der Waals surface area contributed by atoms with Crippen molar-refractivity contribution in [1.82, 2.24) is 9.88 Å². The molecule has 0 spiro atoms. The van der Waals surface area contributed by atoms with E-state index in [1.165, 1.54) is 24.8 Å². The third kappa shape index (κ3) is 3.27. The first-order chi connectivity index (χ1) is 8.31.